The first kappa shape index (κ1) is 19.0. The van der Waals surface area contributed by atoms with Crippen molar-refractivity contribution in [2.24, 2.45) is 5.73 Å². The van der Waals surface area contributed by atoms with Gasteiger partial charge in [-0.15, -0.1) is 0 Å². The highest BCUT2D eigenvalue weighted by Gasteiger charge is 2.16. The third-order valence-electron chi connectivity index (χ3n) is 3.59. The minimum atomic E-state index is -3.76. The Labute approximate surface area is 148 Å². The molecule has 0 saturated carbocycles. The maximum absolute atomic E-state index is 12.5. The average Bonchev–Trinajstić information content (AvgIpc) is 2.58. The van der Waals surface area contributed by atoms with E-state index in [0.29, 0.717) is 24.3 Å². The van der Waals surface area contributed by atoms with Crippen molar-refractivity contribution >= 4 is 21.6 Å². The van der Waals surface area contributed by atoms with E-state index in [9.17, 15) is 13.2 Å². The zero-order chi connectivity index (χ0) is 18.3. The highest BCUT2D eigenvalue weighted by atomic mass is 32.2. The molecule has 0 aliphatic rings. The molecule has 0 bridgehead atoms. The third kappa shape index (κ3) is 5.58. The van der Waals surface area contributed by atoms with Crippen LogP contribution in [0.3, 0.4) is 0 Å². The molecule has 0 radical (unpaired) electrons. The van der Waals surface area contributed by atoms with Crippen LogP contribution in [-0.2, 0) is 10.0 Å². The van der Waals surface area contributed by atoms with Gasteiger partial charge in [0, 0.05) is 17.8 Å². The first-order valence-corrected chi connectivity index (χ1v) is 9.58. The first-order chi connectivity index (χ1) is 11.9. The minimum Gasteiger partial charge on any atom is -0.352 e. The number of carbonyl (C=O) groups excluding carboxylic acids is 1. The summed E-state index contributed by atoms with van der Waals surface area (Å²) in [7, 11) is -3.76. The van der Waals surface area contributed by atoms with Crippen molar-refractivity contribution in [1.29, 1.82) is 0 Å². The van der Waals surface area contributed by atoms with Crippen molar-refractivity contribution in [3.63, 3.8) is 0 Å². The Hall–Kier alpha value is -2.38. The van der Waals surface area contributed by atoms with Crippen molar-refractivity contribution in [1.82, 2.24) is 5.32 Å². The van der Waals surface area contributed by atoms with Crippen molar-refractivity contribution < 1.29 is 13.2 Å². The largest absolute Gasteiger partial charge is 0.352 e. The first-order valence-electron chi connectivity index (χ1n) is 8.10. The Balaban J connectivity index is 2.12. The molecule has 6 nitrogen and oxygen atoms in total. The van der Waals surface area contributed by atoms with Gasteiger partial charge in [0.25, 0.3) is 15.9 Å². The van der Waals surface area contributed by atoms with Crippen molar-refractivity contribution in [3.8, 4) is 0 Å². The van der Waals surface area contributed by atoms with Crippen LogP contribution in [0.4, 0.5) is 5.69 Å². The van der Waals surface area contributed by atoms with E-state index in [4.69, 9.17) is 5.73 Å². The standard InChI is InChI=1S/C18H23N3O3S/c1-14-6-4-8-16(12-14)21-25(23,24)17-9-5-7-15(13-17)18(22)20-11-3-2-10-19/h4-9,12-13,21H,2-3,10-11,19H2,1H3,(H,20,22). The number of nitrogens with two attached hydrogens (primary N) is 1. The smallest absolute Gasteiger partial charge is 0.261 e. The lowest BCUT2D eigenvalue weighted by molar-refractivity contribution is 0.0953. The van der Waals surface area contributed by atoms with E-state index < -0.39 is 10.0 Å². The van der Waals surface area contributed by atoms with E-state index in [1.165, 1.54) is 12.1 Å². The van der Waals surface area contributed by atoms with E-state index in [1.54, 1.807) is 30.3 Å². The van der Waals surface area contributed by atoms with Gasteiger partial charge in [-0.1, -0.05) is 18.2 Å². The molecular weight excluding hydrogens is 338 g/mol. The molecule has 1 amide bonds. The molecule has 0 aliphatic heterocycles. The lowest BCUT2D eigenvalue weighted by Gasteiger charge is -2.10. The van der Waals surface area contributed by atoms with Crippen LogP contribution in [0.1, 0.15) is 28.8 Å². The summed E-state index contributed by atoms with van der Waals surface area (Å²) in [6.07, 6.45) is 1.62. The molecule has 134 valence electrons. The summed E-state index contributed by atoms with van der Waals surface area (Å²) in [6.45, 7) is 2.97. The molecule has 0 spiro atoms. The summed E-state index contributed by atoms with van der Waals surface area (Å²) in [5.74, 6) is -0.301. The number of aryl methyl sites for hydroxylation is 1. The monoisotopic (exact) mass is 361 g/mol. The Morgan fingerprint density at radius 1 is 1.08 bits per heavy atom. The molecule has 7 heteroatoms. The number of hydrogen-bond donors (Lipinski definition) is 3. The average molecular weight is 361 g/mol. The summed E-state index contributed by atoms with van der Waals surface area (Å²) in [6, 6.07) is 13.1. The normalized spacial score (nSPS) is 11.1. The number of unbranched alkanes of at least 4 members (excludes halogenated alkanes) is 1. The maximum atomic E-state index is 12.5. The molecule has 25 heavy (non-hydrogen) atoms. The maximum Gasteiger partial charge on any atom is 0.261 e. The van der Waals surface area contributed by atoms with Gasteiger partial charge in [0.1, 0.15) is 0 Å². The molecule has 4 N–H and O–H groups in total. The van der Waals surface area contributed by atoms with Gasteiger partial charge in [0.15, 0.2) is 0 Å². The fraction of sp³-hybridized carbons (Fsp3) is 0.278. The van der Waals surface area contributed by atoms with Gasteiger partial charge in [-0.25, -0.2) is 8.42 Å². The third-order valence-corrected chi connectivity index (χ3v) is 4.97. The predicted octanol–water partition coefficient (Wildman–Crippen LogP) is 2.26. The second-order valence-electron chi connectivity index (χ2n) is 5.75. The Morgan fingerprint density at radius 2 is 1.84 bits per heavy atom. The van der Waals surface area contributed by atoms with Gasteiger partial charge in [-0.3, -0.25) is 9.52 Å². The number of carbonyl (C=O) groups is 1. The van der Waals surface area contributed by atoms with Crippen LogP contribution in [0.25, 0.3) is 0 Å². The summed E-state index contributed by atoms with van der Waals surface area (Å²) < 4.78 is 27.6. The molecule has 0 unspecified atom stereocenters. The van der Waals surface area contributed by atoms with E-state index >= 15 is 0 Å². The molecule has 0 heterocycles. The second kappa shape index (κ2) is 8.64. The number of rotatable bonds is 8. The van der Waals surface area contributed by atoms with Gasteiger partial charge in [0.2, 0.25) is 0 Å². The van der Waals surface area contributed by atoms with E-state index in [1.807, 2.05) is 13.0 Å². The van der Waals surface area contributed by atoms with Crippen LogP contribution in [0.5, 0.6) is 0 Å². The number of benzene rings is 2. The van der Waals surface area contributed by atoms with Gasteiger partial charge >= 0.3 is 0 Å². The molecule has 0 atom stereocenters. The van der Waals surface area contributed by atoms with Crippen LogP contribution in [0.15, 0.2) is 53.4 Å². The summed E-state index contributed by atoms with van der Waals surface area (Å²) in [5.41, 5.74) is 7.15. The topological polar surface area (TPSA) is 101 Å². The second-order valence-corrected chi connectivity index (χ2v) is 7.44. The van der Waals surface area contributed by atoms with Gasteiger partial charge in [0.05, 0.1) is 4.90 Å². The molecule has 2 aromatic rings. The summed E-state index contributed by atoms with van der Waals surface area (Å²) in [5, 5.41) is 2.76. The number of nitrogens with one attached hydrogen (secondary N) is 2. The molecule has 0 fully saturated rings. The molecular formula is C18H23N3O3S. The Morgan fingerprint density at radius 3 is 2.56 bits per heavy atom. The van der Waals surface area contributed by atoms with Gasteiger partial charge in [-0.05, 0) is 62.2 Å². The summed E-state index contributed by atoms with van der Waals surface area (Å²) in [4.78, 5) is 12.2. The molecule has 0 aliphatic carbocycles. The number of amides is 1. The van der Waals surface area contributed by atoms with Crippen LogP contribution in [-0.4, -0.2) is 27.4 Å². The van der Waals surface area contributed by atoms with Crippen LogP contribution in [0, 0.1) is 6.92 Å². The van der Waals surface area contributed by atoms with Gasteiger partial charge in [-0.2, -0.15) is 0 Å². The molecule has 0 saturated heterocycles. The van der Waals surface area contributed by atoms with Crippen molar-refractivity contribution in [3.05, 3.63) is 59.7 Å². The minimum absolute atomic E-state index is 0.0450. The zero-order valence-corrected chi connectivity index (χ0v) is 15.0. The van der Waals surface area contributed by atoms with Crippen LogP contribution < -0.4 is 15.8 Å². The Kier molecular flexibility index (Phi) is 6.55. The van der Waals surface area contributed by atoms with E-state index in [-0.39, 0.29) is 10.8 Å². The fourth-order valence-corrected chi connectivity index (χ4v) is 3.40. The highest BCUT2D eigenvalue weighted by molar-refractivity contribution is 7.92. The molecule has 0 aromatic heterocycles. The van der Waals surface area contributed by atoms with Crippen molar-refractivity contribution in [2.75, 3.05) is 17.8 Å². The number of sulfonamides is 1. The summed E-state index contributed by atoms with van der Waals surface area (Å²) >= 11 is 0. The van der Waals surface area contributed by atoms with E-state index in [0.717, 1.165) is 18.4 Å². The van der Waals surface area contributed by atoms with Crippen molar-refractivity contribution in [2.45, 2.75) is 24.7 Å². The predicted molar refractivity (Wildman–Crippen MR) is 99.1 cm³/mol. The number of hydrogen-bond acceptors (Lipinski definition) is 4. The SMILES string of the molecule is Cc1cccc(NS(=O)(=O)c2cccc(C(=O)NCCCCN)c2)c1. The van der Waals surface area contributed by atoms with Gasteiger partial charge < -0.3 is 11.1 Å². The zero-order valence-electron chi connectivity index (χ0n) is 14.2. The lowest BCUT2D eigenvalue weighted by atomic mass is 10.2. The molecule has 2 aromatic carbocycles. The number of anilines is 1. The van der Waals surface area contributed by atoms with Crippen LogP contribution >= 0.6 is 0 Å². The fourth-order valence-electron chi connectivity index (χ4n) is 2.30. The van der Waals surface area contributed by atoms with E-state index in [2.05, 4.69) is 10.0 Å². The molecule has 2 rings (SSSR count). The highest BCUT2D eigenvalue weighted by Crippen LogP contribution is 2.18. The quantitative estimate of drug-likeness (QED) is 0.628. The Bertz CT molecular complexity index is 835. The lowest BCUT2D eigenvalue weighted by Crippen LogP contribution is -2.25. The van der Waals surface area contributed by atoms with Crippen LogP contribution in [0.2, 0.25) is 0 Å².